The predicted octanol–water partition coefficient (Wildman–Crippen LogP) is 2.74. The maximum Gasteiger partial charge on any atom is 0.341 e. The van der Waals surface area contributed by atoms with Gasteiger partial charge in [-0.3, -0.25) is 9.78 Å². The number of hydrogen-bond acceptors (Lipinski definition) is 6. The number of nitrogens with zero attached hydrogens (tertiary/aromatic N) is 3. The van der Waals surface area contributed by atoms with Crippen molar-refractivity contribution in [3.05, 3.63) is 63.2 Å². The van der Waals surface area contributed by atoms with E-state index in [0.717, 1.165) is 17.5 Å². The number of anilines is 2. The molecular formula is C23H23F2N5O3. The van der Waals surface area contributed by atoms with Crippen LogP contribution < -0.4 is 21.8 Å². The van der Waals surface area contributed by atoms with Crippen LogP contribution in [0.25, 0.3) is 10.9 Å². The first-order chi connectivity index (χ1) is 15.8. The SMILES string of the molecule is NCc1cccnc1C1CCN(c2c(F)c(N)c3c(=O)c(C(=O)O)cn(C4CC4)c3c2F)C1. The van der Waals surface area contributed by atoms with E-state index in [9.17, 15) is 14.7 Å². The first kappa shape index (κ1) is 21.3. The van der Waals surface area contributed by atoms with Gasteiger partial charge in [-0.05, 0) is 30.9 Å². The van der Waals surface area contributed by atoms with Crippen LogP contribution >= 0.6 is 0 Å². The molecule has 3 aromatic rings. The Morgan fingerprint density at radius 1 is 1.24 bits per heavy atom. The van der Waals surface area contributed by atoms with Crippen molar-refractivity contribution in [3.63, 3.8) is 0 Å². The fourth-order valence-electron chi connectivity index (χ4n) is 4.80. The first-order valence-corrected chi connectivity index (χ1v) is 10.8. The molecule has 0 spiro atoms. The Morgan fingerprint density at radius 3 is 2.67 bits per heavy atom. The minimum atomic E-state index is -1.46. The summed E-state index contributed by atoms with van der Waals surface area (Å²) < 4.78 is 32.8. The van der Waals surface area contributed by atoms with Gasteiger partial charge < -0.3 is 26.0 Å². The van der Waals surface area contributed by atoms with Crippen molar-refractivity contribution in [2.24, 2.45) is 5.73 Å². The molecule has 10 heteroatoms. The van der Waals surface area contributed by atoms with Crippen LogP contribution in [0, 0.1) is 11.6 Å². The predicted molar refractivity (Wildman–Crippen MR) is 119 cm³/mol. The number of carboxylic acid groups (broad SMARTS) is 1. The molecule has 1 saturated heterocycles. The number of carboxylic acids is 1. The molecule has 0 bridgehead atoms. The fourth-order valence-corrected chi connectivity index (χ4v) is 4.80. The molecule has 172 valence electrons. The number of carbonyl (C=O) groups is 1. The minimum Gasteiger partial charge on any atom is -0.477 e. The molecule has 5 rings (SSSR count). The van der Waals surface area contributed by atoms with Crippen molar-refractivity contribution in [1.29, 1.82) is 0 Å². The quantitative estimate of drug-likeness (QED) is 0.505. The number of rotatable bonds is 5. The van der Waals surface area contributed by atoms with E-state index in [4.69, 9.17) is 11.5 Å². The molecule has 1 aromatic carbocycles. The van der Waals surface area contributed by atoms with Crippen molar-refractivity contribution in [2.75, 3.05) is 23.7 Å². The van der Waals surface area contributed by atoms with Crippen LogP contribution in [-0.2, 0) is 6.54 Å². The average molecular weight is 455 g/mol. The number of aromatic carboxylic acids is 1. The number of nitrogen functional groups attached to an aromatic ring is 1. The first-order valence-electron chi connectivity index (χ1n) is 10.8. The Bertz CT molecular complexity index is 1350. The van der Waals surface area contributed by atoms with Crippen LogP contribution in [0.2, 0.25) is 0 Å². The molecule has 1 aliphatic heterocycles. The van der Waals surface area contributed by atoms with Gasteiger partial charge in [0.15, 0.2) is 11.6 Å². The van der Waals surface area contributed by atoms with Crippen molar-refractivity contribution in [2.45, 2.75) is 37.8 Å². The molecule has 2 fully saturated rings. The summed E-state index contributed by atoms with van der Waals surface area (Å²) in [5, 5.41) is 9.00. The third kappa shape index (κ3) is 3.32. The van der Waals surface area contributed by atoms with Crippen LogP contribution in [0.5, 0.6) is 0 Å². The zero-order chi connectivity index (χ0) is 23.4. The highest BCUT2D eigenvalue weighted by molar-refractivity contribution is 5.99. The lowest BCUT2D eigenvalue weighted by atomic mass is 9.99. The Balaban J connectivity index is 1.66. The van der Waals surface area contributed by atoms with Crippen LogP contribution in [0.3, 0.4) is 0 Å². The number of fused-ring (bicyclic) bond motifs is 1. The standard InChI is InChI=1S/C23H23F2N5O3/c24-16-18(27)15-20(30(13-3-4-13)10-14(22(15)31)23(32)33)17(25)21(16)29-7-5-12(9-29)19-11(8-26)2-1-6-28-19/h1-2,6,10,12-13H,3-5,7-9,26-27H2,(H,32,33). The summed E-state index contributed by atoms with van der Waals surface area (Å²) in [5.74, 6) is -3.49. The molecule has 1 unspecified atom stereocenters. The second kappa shape index (κ2) is 7.80. The molecule has 0 amide bonds. The van der Waals surface area contributed by atoms with Crippen LogP contribution in [0.15, 0.2) is 29.3 Å². The van der Waals surface area contributed by atoms with Gasteiger partial charge in [0.1, 0.15) is 11.3 Å². The summed E-state index contributed by atoms with van der Waals surface area (Å²) in [6, 6.07) is 3.52. The molecule has 8 nitrogen and oxygen atoms in total. The third-order valence-corrected chi connectivity index (χ3v) is 6.57. The molecular weight excluding hydrogens is 432 g/mol. The molecule has 2 aliphatic rings. The minimum absolute atomic E-state index is 0.0690. The van der Waals surface area contributed by atoms with Gasteiger partial charge in [0, 0.05) is 49.7 Å². The zero-order valence-corrected chi connectivity index (χ0v) is 17.7. The highest BCUT2D eigenvalue weighted by Crippen LogP contribution is 2.43. The number of nitrogens with two attached hydrogens (primary N) is 2. The van der Waals surface area contributed by atoms with E-state index in [1.54, 1.807) is 17.2 Å². The largest absolute Gasteiger partial charge is 0.477 e. The maximum atomic E-state index is 15.9. The molecule has 2 aromatic heterocycles. The average Bonchev–Trinajstić information content (AvgIpc) is 3.54. The van der Waals surface area contributed by atoms with E-state index < -0.39 is 39.7 Å². The van der Waals surface area contributed by atoms with Crippen LogP contribution in [0.4, 0.5) is 20.2 Å². The second-order valence-electron chi connectivity index (χ2n) is 8.61. The van der Waals surface area contributed by atoms with Gasteiger partial charge in [-0.2, -0.15) is 0 Å². The summed E-state index contributed by atoms with van der Waals surface area (Å²) >= 11 is 0. The van der Waals surface area contributed by atoms with Gasteiger partial charge in [0.2, 0.25) is 5.43 Å². The molecule has 0 radical (unpaired) electrons. The Labute approximate surface area is 187 Å². The second-order valence-corrected chi connectivity index (χ2v) is 8.61. The van der Waals surface area contributed by atoms with E-state index in [-0.39, 0.29) is 23.2 Å². The summed E-state index contributed by atoms with van der Waals surface area (Å²) in [5.41, 5.74) is 11.0. The lowest BCUT2D eigenvalue weighted by Crippen LogP contribution is -2.26. The topological polar surface area (TPSA) is 127 Å². The maximum absolute atomic E-state index is 15.9. The molecule has 3 heterocycles. The molecule has 5 N–H and O–H groups in total. The van der Waals surface area contributed by atoms with Gasteiger partial charge in [-0.1, -0.05) is 6.07 Å². The summed E-state index contributed by atoms with van der Waals surface area (Å²) in [4.78, 5) is 30.4. The normalized spacial score (nSPS) is 18.3. The molecule has 1 saturated carbocycles. The number of halogens is 2. The van der Waals surface area contributed by atoms with E-state index in [2.05, 4.69) is 4.98 Å². The third-order valence-electron chi connectivity index (χ3n) is 6.57. The van der Waals surface area contributed by atoms with E-state index in [1.807, 2.05) is 6.07 Å². The van der Waals surface area contributed by atoms with Gasteiger partial charge in [-0.25, -0.2) is 13.6 Å². The van der Waals surface area contributed by atoms with Gasteiger partial charge >= 0.3 is 5.97 Å². The lowest BCUT2D eigenvalue weighted by Gasteiger charge is -2.24. The summed E-state index contributed by atoms with van der Waals surface area (Å²) in [6.07, 6.45) is 4.84. The number of pyridine rings is 2. The van der Waals surface area contributed by atoms with Crippen LogP contribution in [-0.4, -0.2) is 33.7 Å². The van der Waals surface area contributed by atoms with Crippen molar-refractivity contribution >= 4 is 28.2 Å². The van der Waals surface area contributed by atoms with Crippen LogP contribution in [0.1, 0.15) is 52.8 Å². The zero-order valence-electron chi connectivity index (χ0n) is 17.7. The van der Waals surface area contributed by atoms with Gasteiger partial charge in [0.05, 0.1) is 16.6 Å². The van der Waals surface area contributed by atoms with Crippen molar-refractivity contribution in [3.8, 4) is 0 Å². The fraction of sp³-hybridized carbons (Fsp3) is 0.348. The van der Waals surface area contributed by atoms with E-state index in [0.29, 0.717) is 38.9 Å². The number of aromatic nitrogens is 2. The summed E-state index contributed by atoms with van der Waals surface area (Å²) in [6.45, 7) is 0.986. The Kier molecular flexibility index (Phi) is 5.04. The van der Waals surface area contributed by atoms with Gasteiger partial charge in [0.25, 0.3) is 0 Å². The van der Waals surface area contributed by atoms with E-state index in [1.165, 1.54) is 4.57 Å². The number of benzene rings is 1. The smallest absolute Gasteiger partial charge is 0.341 e. The lowest BCUT2D eigenvalue weighted by molar-refractivity contribution is 0.0695. The Morgan fingerprint density at radius 2 is 2.00 bits per heavy atom. The molecule has 1 aliphatic carbocycles. The molecule has 33 heavy (non-hydrogen) atoms. The van der Waals surface area contributed by atoms with Crippen molar-refractivity contribution < 1.29 is 18.7 Å². The highest BCUT2D eigenvalue weighted by atomic mass is 19.1. The Hall–Kier alpha value is -3.53. The highest BCUT2D eigenvalue weighted by Gasteiger charge is 2.35. The van der Waals surface area contributed by atoms with E-state index >= 15 is 8.78 Å². The monoisotopic (exact) mass is 455 g/mol. The molecule has 1 atom stereocenters. The van der Waals surface area contributed by atoms with Crippen molar-refractivity contribution in [1.82, 2.24) is 9.55 Å². The summed E-state index contributed by atoms with van der Waals surface area (Å²) in [7, 11) is 0. The number of hydrogen-bond donors (Lipinski definition) is 3. The van der Waals surface area contributed by atoms with Gasteiger partial charge in [-0.15, -0.1) is 0 Å².